The molecular weight excluding hydrogens is 385 g/mol. The Morgan fingerprint density at radius 3 is 2.46 bits per heavy atom. The molecule has 0 aliphatic heterocycles. The Balaban J connectivity index is 1.81. The van der Waals surface area contributed by atoms with Gasteiger partial charge in [0.2, 0.25) is 5.91 Å². The number of nitrogens with one attached hydrogen (secondary N) is 2. The van der Waals surface area contributed by atoms with Crippen LogP contribution in [0.25, 0.3) is 0 Å². The molecule has 0 aliphatic carbocycles. The lowest BCUT2D eigenvalue weighted by Crippen LogP contribution is -2.36. The number of rotatable bonds is 8. The van der Waals surface area contributed by atoms with Crippen LogP contribution in [0.5, 0.6) is 0 Å². The first kappa shape index (κ1) is 20.9. The van der Waals surface area contributed by atoms with Crippen molar-refractivity contribution < 1.29 is 32.7 Å². The Bertz CT molecular complexity index is 873. The lowest BCUT2D eigenvalue weighted by molar-refractivity contribution is -0.141. The van der Waals surface area contributed by atoms with E-state index in [4.69, 9.17) is 5.11 Å². The number of carboxylic acids is 1. The molecule has 2 aromatic heterocycles. The predicted molar refractivity (Wildman–Crippen MR) is 87.4 cm³/mol. The maximum Gasteiger partial charge on any atom is 0.435 e. The lowest BCUT2D eigenvalue weighted by Gasteiger charge is -2.08. The number of aromatic carboxylic acids is 1. The average molecular weight is 402 g/mol. The van der Waals surface area contributed by atoms with Crippen molar-refractivity contribution in [2.75, 3.05) is 13.1 Å². The molecule has 3 N–H and O–H groups in total. The molecule has 0 atom stereocenters. The van der Waals surface area contributed by atoms with Crippen LogP contribution >= 0.6 is 0 Å². The van der Waals surface area contributed by atoms with E-state index in [-0.39, 0.29) is 37.4 Å². The van der Waals surface area contributed by atoms with Gasteiger partial charge in [0.05, 0.1) is 11.8 Å². The molecule has 0 saturated carbocycles. The number of alkyl halides is 3. The monoisotopic (exact) mass is 402 g/mol. The molecule has 152 valence electrons. The molecule has 0 bridgehead atoms. The van der Waals surface area contributed by atoms with E-state index in [1.54, 1.807) is 6.92 Å². The van der Waals surface area contributed by atoms with Crippen molar-refractivity contribution in [2.45, 2.75) is 26.2 Å². The molecule has 28 heavy (non-hydrogen) atoms. The van der Waals surface area contributed by atoms with Crippen molar-refractivity contribution in [3.8, 4) is 0 Å². The van der Waals surface area contributed by atoms with Gasteiger partial charge in [-0.05, 0) is 6.92 Å². The third kappa shape index (κ3) is 5.31. The van der Waals surface area contributed by atoms with Gasteiger partial charge in [-0.1, -0.05) is 0 Å². The molecule has 13 heteroatoms. The minimum Gasteiger partial charge on any atom is -0.478 e. The van der Waals surface area contributed by atoms with Gasteiger partial charge in [-0.15, -0.1) is 0 Å². The molecule has 0 spiro atoms. The summed E-state index contributed by atoms with van der Waals surface area (Å²) in [4.78, 5) is 34.5. The summed E-state index contributed by atoms with van der Waals surface area (Å²) in [6.45, 7) is 1.40. The summed E-state index contributed by atoms with van der Waals surface area (Å²) in [5, 5.41) is 20.7. The van der Waals surface area contributed by atoms with Gasteiger partial charge >= 0.3 is 12.1 Å². The molecule has 0 aromatic carbocycles. The topological polar surface area (TPSA) is 131 Å². The largest absolute Gasteiger partial charge is 0.478 e. The van der Waals surface area contributed by atoms with Gasteiger partial charge in [0, 0.05) is 31.9 Å². The highest BCUT2D eigenvalue weighted by Crippen LogP contribution is 2.28. The second-order valence-electron chi connectivity index (χ2n) is 5.57. The van der Waals surface area contributed by atoms with Gasteiger partial charge in [-0.2, -0.15) is 23.4 Å². The van der Waals surface area contributed by atoms with E-state index in [9.17, 15) is 27.6 Å². The summed E-state index contributed by atoms with van der Waals surface area (Å²) < 4.78 is 40.2. The fraction of sp³-hybridized carbons (Fsp3) is 0.400. The Morgan fingerprint density at radius 1 is 1.21 bits per heavy atom. The van der Waals surface area contributed by atoms with Crippen LogP contribution in [-0.2, 0) is 24.1 Å². The van der Waals surface area contributed by atoms with Crippen LogP contribution in [0, 0.1) is 0 Å². The number of hydrogen-bond donors (Lipinski definition) is 3. The molecule has 0 unspecified atom stereocenters. The molecule has 0 saturated heterocycles. The van der Waals surface area contributed by atoms with Crippen LogP contribution < -0.4 is 10.6 Å². The van der Waals surface area contributed by atoms with Gasteiger partial charge in [0.15, 0.2) is 5.69 Å². The molecule has 10 nitrogen and oxygen atoms in total. The first-order valence-corrected chi connectivity index (χ1v) is 8.07. The number of aromatic nitrogens is 4. The quantitative estimate of drug-likeness (QED) is 0.547. The third-order valence-electron chi connectivity index (χ3n) is 3.52. The highest BCUT2D eigenvalue weighted by atomic mass is 19.4. The molecule has 2 amide bonds. The minimum absolute atomic E-state index is 0.0179. The second-order valence-corrected chi connectivity index (χ2v) is 5.57. The van der Waals surface area contributed by atoms with Gasteiger partial charge in [0.25, 0.3) is 5.91 Å². The fourth-order valence-electron chi connectivity index (χ4n) is 2.21. The van der Waals surface area contributed by atoms with Crippen LogP contribution in [0.15, 0.2) is 18.5 Å². The molecule has 0 aliphatic rings. The summed E-state index contributed by atoms with van der Waals surface area (Å²) in [5.74, 6) is -2.40. The number of nitrogens with zero attached hydrogens (tertiary/aromatic N) is 4. The first-order valence-electron chi connectivity index (χ1n) is 8.07. The molecular formula is C15H17F3N6O4. The van der Waals surface area contributed by atoms with E-state index in [2.05, 4.69) is 20.8 Å². The van der Waals surface area contributed by atoms with Crippen LogP contribution in [0.4, 0.5) is 13.2 Å². The van der Waals surface area contributed by atoms with Gasteiger partial charge in [0.1, 0.15) is 12.2 Å². The lowest BCUT2D eigenvalue weighted by atomic mass is 10.3. The SMILES string of the molecule is CCn1nc(C(F)(F)F)cc1C(=O)NCCNC(=O)Cn1cc(C(=O)O)cn1. The molecule has 0 fully saturated rings. The van der Waals surface area contributed by atoms with Crippen LogP contribution in [0.1, 0.15) is 33.5 Å². The highest BCUT2D eigenvalue weighted by Gasteiger charge is 2.35. The van der Waals surface area contributed by atoms with E-state index in [1.165, 1.54) is 6.20 Å². The van der Waals surface area contributed by atoms with Crippen LogP contribution in [0.3, 0.4) is 0 Å². The van der Waals surface area contributed by atoms with Gasteiger partial charge in [-0.25, -0.2) is 4.79 Å². The van der Waals surface area contributed by atoms with Crippen molar-refractivity contribution >= 4 is 17.8 Å². The van der Waals surface area contributed by atoms with E-state index in [1.807, 2.05) is 0 Å². The number of carbonyl (C=O) groups is 3. The zero-order chi connectivity index (χ0) is 20.9. The molecule has 2 rings (SSSR count). The van der Waals surface area contributed by atoms with Gasteiger partial charge in [-0.3, -0.25) is 19.0 Å². The van der Waals surface area contributed by atoms with Crippen LogP contribution in [-0.4, -0.2) is 55.5 Å². The standard InChI is InChI=1S/C15H17F3N6O4/c1-2-24-10(5-11(22-24)15(16,17)18)13(26)20-4-3-19-12(25)8-23-7-9(6-21-23)14(27)28/h5-7H,2-4,8H2,1H3,(H,19,25)(H,20,26)(H,27,28). The van der Waals surface area contributed by atoms with E-state index < -0.39 is 29.7 Å². The summed E-state index contributed by atoms with van der Waals surface area (Å²) >= 11 is 0. The van der Waals surface area contributed by atoms with Crippen molar-refractivity contribution in [1.82, 2.24) is 30.2 Å². The van der Waals surface area contributed by atoms with Crippen molar-refractivity contribution in [3.05, 3.63) is 35.4 Å². The summed E-state index contributed by atoms with van der Waals surface area (Å²) in [6, 6.07) is 0.662. The van der Waals surface area contributed by atoms with Crippen molar-refractivity contribution in [3.63, 3.8) is 0 Å². The molecule has 2 aromatic rings. The fourth-order valence-corrected chi connectivity index (χ4v) is 2.21. The smallest absolute Gasteiger partial charge is 0.435 e. The molecule has 2 heterocycles. The summed E-state index contributed by atoms with van der Waals surface area (Å²) in [7, 11) is 0. The number of hydrogen-bond acceptors (Lipinski definition) is 5. The average Bonchev–Trinajstić information content (AvgIpc) is 3.24. The Labute approximate surface area is 156 Å². The van der Waals surface area contributed by atoms with Crippen molar-refractivity contribution in [2.24, 2.45) is 0 Å². The number of carbonyl (C=O) groups excluding carboxylic acids is 2. The van der Waals surface area contributed by atoms with E-state index in [0.29, 0.717) is 6.07 Å². The maximum absolute atomic E-state index is 12.7. The van der Waals surface area contributed by atoms with E-state index >= 15 is 0 Å². The van der Waals surface area contributed by atoms with Crippen molar-refractivity contribution in [1.29, 1.82) is 0 Å². The second kappa shape index (κ2) is 8.54. The Kier molecular flexibility index (Phi) is 6.38. The summed E-state index contributed by atoms with van der Waals surface area (Å²) in [5.41, 5.74) is -1.46. The van der Waals surface area contributed by atoms with Crippen LogP contribution in [0.2, 0.25) is 0 Å². The number of aryl methyl sites for hydroxylation is 1. The Hall–Kier alpha value is -3.38. The normalized spacial score (nSPS) is 11.3. The Morgan fingerprint density at radius 2 is 1.89 bits per heavy atom. The number of halogens is 3. The first-order chi connectivity index (χ1) is 13.1. The van der Waals surface area contributed by atoms with E-state index in [0.717, 1.165) is 15.6 Å². The third-order valence-corrected chi connectivity index (χ3v) is 3.52. The molecule has 0 radical (unpaired) electrons. The summed E-state index contributed by atoms with van der Waals surface area (Å²) in [6.07, 6.45) is -2.37. The zero-order valence-electron chi connectivity index (χ0n) is 14.7. The van der Waals surface area contributed by atoms with Gasteiger partial charge < -0.3 is 15.7 Å². The number of carboxylic acid groups (broad SMARTS) is 1. The maximum atomic E-state index is 12.7. The predicted octanol–water partition coefficient (Wildman–Crippen LogP) is 0.363. The zero-order valence-corrected chi connectivity index (χ0v) is 14.7. The minimum atomic E-state index is -4.66. The number of amides is 2. The highest BCUT2D eigenvalue weighted by molar-refractivity contribution is 5.92.